The van der Waals surface area contributed by atoms with E-state index in [-0.39, 0.29) is 5.78 Å². The van der Waals surface area contributed by atoms with E-state index in [1.165, 1.54) is 71.9 Å². The van der Waals surface area contributed by atoms with Crippen molar-refractivity contribution in [2.24, 2.45) is 0 Å². The number of ketones is 1. The van der Waals surface area contributed by atoms with Crippen LogP contribution in [0.5, 0.6) is 0 Å². The predicted octanol–water partition coefficient (Wildman–Crippen LogP) is 3.85. The van der Waals surface area contributed by atoms with E-state index < -0.39 is 0 Å². The molecule has 1 aromatic carbocycles. The molecule has 126 valence electrons. The summed E-state index contributed by atoms with van der Waals surface area (Å²) in [5, 5.41) is 8.26. The number of Topliss-reactive ketones (excluding diaryl/α,β-unsaturated/α-hetero) is 1. The number of nitrogens with two attached hydrogens (primary N) is 1. The zero-order valence-electron chi connectivity index (χ0n) is 13.6. The first-order chi connectivity index (χ1) is 11.7. The van der Waals surface area contributed by atoms with Crippen LogP contribution in [0.2, 0.25) is 0 Å². The Labute approximate surface area is 150 Å². The molecule has 0 unspecified atom stereocenters. The number of thioether (sulfide) groups is 1. The lowest BCUT2D eigenvalue weighted by Crippen LogP contribution is -2.18. The van der Waals surface area contributed by atoms with Crippen molar-refractivity contribution in [1.29, 1.82) is 0 Å². The van der Waals surface area contributed by atoms with Crippen molar-refractivity contribution in [3.05, 3.63) is 33.9 Å². The number of fused-ring (bicyclic) bond motifs is 3. The van der Waals surface area contributed by atoms with E-state index in [1.807, 2.05) is 0 Å². The Morgan fingerprint density at radius 2 is 1.75 bits per heavy atom. The first kappa shape index (κ1) is 16.1. The number of nitrogens with zero attached hydrogens (tertiary/aromatic N) is 2. The molecule has 0 atom stereocenters. The molecular weight excluding hydrogens is 338 g/mol. The molecule has 6 heteroatoms. The zero-order valence-corrected chi connectivity index (χ0v) is 15.3. The smallest absolute Gasteiger partial charge is 0.203 e. The van der Waals surface area contributed by atoms with Gasteiger partial charge < -0.3 is 5.73 Å². The second-order valence-electron chi connectivity index (χ2n) is 6.55. The third-order valence-electron chi connectivity index (χ3n) is 5.04. The third-order valence-corrected chi connectivity index (χ3v) is 6.92. The molecular formula is C18H21N3OS2. The van der Waals surface area contributed by atoms with Gasteiger partial charge in [0.25, 0.3) is 0 Å². The Bertz CT molecular complexity index is 785. The zero-order chi connectivity index (χ0) is 16.5. The minimum atomic E-state index is 0.222. The summed E-state index contributed by atoms with van der Waals surface area (Å²) in [6.45, 7) is 0. The van der Waals surface area contributed by atoms with Gasteiger partial charge in [-0.2, -0.15) is 0 Å². The molecule has 2 aliphatic rings. The Hall–Kier alpha value is -1.40. The van der Waals surface area contributed by atoms with Gasteiger partial charge >= 0.3 is 0 Å². The van der Waals surface area contributed by atoms with E-state index >= 15 is 0 Å². The van der Waals surface area contributed by atoms with Crippen molar-refractivity contribution in [1.82, 2.24) is 10.2 Å². The SMILES string of the molecule is Nc1nnc(SCC(=O)c2cc3c(c4c2CCCC4)CCCC3)s1. The van der Waals surface area contributed by atoms with Gasteiger partial charge in [-0.15, -0.1) is 10.2 Å². The van der Waals surface area contributed by atoms with Gasteiger partial charge in [0, 0.05) is 5.56 Å². The summed E-state index contributed by atoms with van der Waals surface area (Å²) in [5.41, 5.74) is 12.4. The highest BCUT2D eigenvalue weighted by Gasteiger charge is 2.24. The van der Waals surface area contributed by atoms with Gasteiger partial charge in [-0.25, -0.2) is 0 Å². The summed E-state index contributed by atoms with van der Waals surface area (Å²) in [4.78, 5) is 12.9. The highest BCUT2D eigenvalue weighted by molar-refractivity contribution is 8.01. The molecule has 4 rings (SSSR count). The monoisotopic (exact) mass is 359 g/mol. The largest absolute Gasteiger partial charge is 0.374 e. The number of aromatic nitrogens is 2. The number of rotatable bonds is 4. The first-order valence-electron chi connectivity index (χ1n) is 8.64. The van der Waals surface area contributed by atoms with Crippen molar-refractivity contribution in [2.45, 2.75) is 55.7 Å². The van der Waals surface area contributed by atoms with Gasteiger partial charge in [-0.1, -0.05) is 23.1 Å². The molecule has 0 amide bonds. The second-order valence-corrected chi connectivity index (χ2v) is 8.78. The van der Waals surface area contributed by atoms with Gasteiger partial charge in [-0.05, 0) is 79.7 Å². The van der Waals surface area contributed by atoms with Crippen LogP contribution in [0.25, 0.3) is 0 Å². The summed E-state index contributed by atoms with van der Waals surface area (Å²) in [6.07, 6.45) is 9.54. The van der Waals surface area contributed by atoms with Gasteiger partial charge in [0.2, 0.25) is 5.13 Å². The van der Waals surface area contributed by atoms with Crippen molar-refractivity contribution in [2.75, 3.05) is 11.5 Å². The molecule has 0 saturated heterocycles. The van der Waals surface area contributed by atoms with Crippen LogP contribution in [-0.4, -0.2) is 21.7 Å². The number of anilines is 1. The summed E-state index contributed by atoms with van der Waals surface area (Å²) >= 11 is 2.79. The quantitative estimate of drug-likeness (QED) is 0.663. The first-order valence-corrected chi connectivity index (χ1v) is 10.4. The van der Waals surface area contributed by atoms with Crippen LogP contribution in [0.4, 0.5) is 5.13 Å². The average Bonchev–Trinajstić information content (AvgIpc) is 3.04. The van der Waals surface area contributed by atoms with Gasteiger partial charge in [0.05, 0.1) is 5.75 Å². The lowest BCUT2D eigenvalue weighted by Gasteiger charge is -2.27. The molecule has 4 nitrogen and oxygen atoms in total. The molecule has 2 N–H and O–H groups in total. The highest BCUT2D eigenvalue weighted by atomic mass is 32.2. The number of carbonyl (C=O) groups is 1. The average molecular weight is 360 g/mol. The Morgan fingerprint density at radius 1 is 1.04 bits per heavy atom. The Morgan fingerprint density at radius 3 is 2.50 bits per heavy atom. The minimum Gasteiger partial charge on any atom is -0.374 e. The summed E-state index contributed by atoms with van der Waals surface area (Å²) in [7, 11) is 0. The Kier molecular flexibility index (Phi) is 4.59. The number of carbonyl (C=O) groups excluding carboxylic acids is 1. The minimum absolute atomic E-state index is 0.222. The molecule has 24 heavy (non-hydrogen) atoms. The molecule has 0 aliphatic heterocycles. The molecule has 0 spiro atoms. The van der Waals surface area contributed by atoms with Crippen LogP contribution < -0.4 is 5.73 Å². The number of nitrogen functional groups attached to an aromatic ring is 1. The molecule has 0 fully saturated rings. The standard InChI is InChI=1S/C18H21N3OS2/c19-17-20-21-18(24-17)23-10-16(22)15-9-11-5-1-2-6-12(11)13-7-3-4-8-14(13)15/h9H,1-8,10H2,(H2,19,20). The number of hydrogen-bond donors (Lipinski definition) is 1. The van der Waals surface area contributed by atoms with Gasteiger partial charge in [0.15, 0.2) is 10.1 Å². The van der Waals surface area contributed by atoms with E-state index in [4.69, 9.17) is 5.73 Å². The summed E-state index contributed by atoms with van der Waals surface area (Å²) in [5.74, 6) is 0.639. The fraction of sp³-hybridized carbons (Fsp3) is 0.500. The van der Waals surface area contributed by atoms with E-state index in [9.17, 15) is 4.79 Å². The van der Waals surface area contributed by atoms with Crippen LogP contribution in [-0.2, 0) is 25.7 Å². The highest BCUT2D eigenvalue weighted by Crippen LogP contribution is 2.35. The number of benzene rings is 1. The summed E-state index contributed by atoms with van der Waals surface area (Å²) < 4.78 is 0.771. The van der Waals surface area contributed by atoms with Crippen molar-refractivity contribution >= 4 is 34.0 Å². The van der Waals surface area contributed by atoms with Crippen LogP contribution in [0, 0.1) is 0 Å². The maximum absolute atomic E-state index is 12.9. The fourth-order valence-electron chi connectivity index (χ4n) is 3.96. The van der Waals surface area contributed by atoms with Crippen molar-refractivity contribution in [3.8, 4) is 0 Å². The maximum atomic E-state index is 12.9. The third kappa shape index (κ3) is 3.09. The van der Waals surface area contributed by atoms with Crippen LogP contribution >= 0.6 is 23.1 Å². The van der Waals surface area contributed by atoms with E-state index in [1.54, 1.807) is 5.56 Å². The topological polar surface area (TPSA) is 68.9 Å². The van der Waals surface area contributed by atoms with E-state index in [0.29, 0.717) is 10.9 Å². The second kappa shape index (κ2) is 6.84. The molecule has 1 aromatic heterocycles. The van der Waals surface area contributed by atoms with E-state index in [0.717, 1.165) is 29.2 Å². The van der Waals surface area contributed by atoms with E-state index in [2.05, 4.69) is 16.3 Å². The lowest BCUT2D eigenvalue weighted by molar-refractivity contribution is 0.102. The lowest BCUT2D eigenvalue weighted by atomic mass is 9.78. The number of aryl methyl sites for hydroxylation is 1. The molecule has 0 saturated carbocycles. The molecule has 1 heterocycles. The maximum Gasteiger partial charge on any atom is 0.203 e. The molecule has 2 aromatic rings. The van der Waals surface area contributed by atoms with Crippen molar-refractivity contribution < 1.29 is 4.79 Å². The van der Waals surface area contributed by atoms with Crippen LogP contribution in [0.1, 0.15) is 58.3 Å². The Balaban J connectivity index is 1.63. The fourth-order valence-corrected chi connectivity index (χ4v) is 5.48. The summed E-state index contributed by atoms with van der Waals surface area (Å²) in [6, 6.07) is 2.20. The van der Waals surface area contributed by atoms with Crippen molar-refractivity contribution in [3.63, 3.8) is 0 Å². The molecule has 0 bridgehead atoms. The van der Waals surface area contributed by atoms with Gasteiger partial charge in [-0.3, -0.25) is 4.79 Å². The normalized spacial score (nSPS) is 16.5. The molecule has 2 aliphatic carbocycles. The van der Waals surface area contributed by atoms with Crippen LogP contribution in [0.3, 0.4) is 0 Å². The predicted molar refractivity (Wildman–Crippen MR) is 99.1 cm³/mol. The number of hydrogen-bond acceptors (Lipinski definition) is 6. The van der Waals surface area contributed by atoms with Gasteiger partial charge in [0.1, 0.15) is 0 Å². The van der Waals surface area contributed by atoms with Crippen LogP contribution in [0.15, 0.2) is 10.4 Å². The molecule has 0 radical (unpaired) electrons.